The summed E-state index contributed by atoms with van der Waals surface area (Å²) in [5.74, 6) is 0. The Morgan fingerprint density at radius 3 is 2.33 bits per heavy atom. The summed E-state index contributed by atoms with van der Waals surface area (Å²) in [7, 11) is -3.74. The molecule has 0 aromatic rings. The average molecular weight is 283 g/mol. The van der Waals surface area contributed by atoms with E-state index < -0.39 is 34.1 Å². The fourth-order valence-electron chi connectivity index (χ4n) is 1.53. The van der Waals surface area contributed by atoms with Crippen molar-refractivity contribution < 1.29 is 26.5 Å². The maximum absolute atomic E-state index is 13.5. The molecule has 6 nitrogen and oxygen atoms in total. The number of carbonyl (C=O) groups is 1. The van der Waals surface area contributed by atoms with Gasteiger partial charge in [0.1, 0.15) is 17.9 Å². The van der Waals surface area contributed by atoms with Crippen LogP contribution in [-0.4, -0.2) is 56.6 Å². The Labute approximate surface area is 106 Å². The molecule has 1 aliphatic heterocycles. The van der Waals surface area contributed by atoms with Crippen LogP contribution in [0.5, 0.6) is 0 Å². The molecule has 1 heterocycles. The average Bonchev–Trinajstić information content (AvgIpc) is 2.42. The van der Waals surface area contributed by atoms with Crippen LogP contribution in [0.4, 0.5) is 9.18 Å². The third-order valence-corrected chi connectivity index (χ3v) is 2.75. The van der Waals surface area contributed by atoms with Crippen molar-refractivity contribution in [2.24, 2.45) is 0 Å². The Morgan fingerprint density at radius 1 is 1.33 bits per heavy atom. The van der Waals surface area contributed by atoms with Crippen molar-refractivity contribution in [3.63, 3.8) is 0 Å². The number of nitrogens with zero attached hydrogens (tertiary/aromatic N) is 1. The highest BCUT2D eigenvalue weighted by Gasteiger charge is 2.39. The number of carbonyl (C=O) groups excluding carboxylic acids is 1. The molecule has 0 aliphatic carbocycles. The van der Waals surface area contributed by atoms with Crippen LogP contribution >= 0.6 is 0 Å². The summed E-state index contributed by atoms with van der Waals surface area (Å²) < 4.78 is 45.0. The molecule has 1 aliphatic rings. The van der Waals surface area contributed by atoms with Gasteiger partial charge in [0, 0.05) is 0 Å². The third-order valence-electron chi connectivity index (χ3n) is 2.15. The molecule has 106 valence electrons. The first-order valence-corrected chi connectivity index (χ1v) is 7.30. The minimum Gasteiger partial charge on any atom is -0.444 e. The van der Waals surface area contributed by atoms with E-state index in [0.717, 1.165) is 11.2 Å². The Balaban J connectivity index is 2.61. The summed E-state index contributed by atoms with van der Waals surface area (Å²) in [4.78, 5) is 12.8. The summed E-state index contributed by atoms with van der Waals surface area (Å²) in [6, 6.07) is 0. The van der Waals surface area contributed by atoms with E-state index in [4.69, 9.17) is 4.74 Å². The molecule has 1 saturated heterocycles. The maximum Gasteiger partial charge on any atom is 0.410 e. The van der Waals surface area contributed by atoms with E-state index in [1.807, 2.05) is 0 Å². The molecule has 0 N–H and O–H groups in total. The molecule has 8 heteroatoms. The van der Waals surface area contributed by atoms with Gasteiger partial charge in [0.05, 0.1) is 19.3 Å². The lowest BCUT2D eigenvalue weighted by Gasteiger charge is -2.24. The molecule has 0 aromatic heterocycles. The molecule has 0 unspecified atom stereocenters. The van der Waals surface area contributed by atoms with Crippen LogP contribution in [0.25, 0.3) is 0 Å². The topological polar surface area (TPSA) is 72.9 Å². The normalized spacial score (nSPS) is 25.3. The Hall–Kier alpha value is -0.890. The molecule has 0 spiro atoms. The number of likely N-dealkylation sites (tertiary alicyclic amines) is 1. The standard InChI is InChI=1S/C10H18FNO5S/c1-10(2,3)16-9(13)12-5-7(11)8(6-12)17-18(4,14)15/h7-8H,5-6H2,1-4H3/t7-,8+/m0/s1. The van der Waals surface area contributed by atoms with Crippen molar-refractivity contribution in [1.82, 2.24) is 4.90 Å². The predicted molar refractivity (Wildman–Crippen MR) is 62.4 cm³/mol. The zero-order valence-electron chi connectivity index (χ0n) is 10.8. The zero-order chi connectivity index (χ0) is 14.1. The Morgan fingerprint density at radius 2 is 1.89 bits per heavy atom. The summed E-state index contributed by atoms with van der Waals surface area (Å²) in [5, 5.41) is 0. The molecule has 2 atom stereocenters. The molecule has 0 radical (unpaired) electrons. The van der Waals surface area contributed by atoms with Crippen LogP contribution < -0.4 is 0 Å². The SMILES string of the molecule is CC(C)(C)OC(=O)N1C[C@H](F)[C@H](OS(C)(=O)=O)C1. The van der Waals surface area contributed by atoms with E-state index in [1.54, 1.807) is 20.8 Å². The highest BCUT2D eigenvalue weighted by molar-refractivity contribution is 7.86. The number of hydrogen-bond acceptors (Lipinski definition) is 5. The van der Waals surface area contributed by atoms with Crippen molar-refractivity contribution in [3.05, 3.63) is 0 Å². The zero-order valence-corrected chi connectivity index (χ0v) is 11.7. The van der Waals surface area contributed by atoms with Crippen LogP contribution in [-0.2, 0) is 19.0 Å². The molecular weight excluding hydrogens is 265 g/mol. The van der Waals surface area contributed by atoms with Gasteiger partial charge in [-0.3, -0.25) is 4.18 Å². The number of halogens is 1. The minimum atomic E-state index is -3.74. The van der Waals surface area contributed by atoms with Gasteiger partial charge in [-0.1, -0.05) is 0 Å². The van der Waals surface area contributed by atoms with E-state index >= 15 is 0 Å². The van der Waals surface area contributed by atoms with Gasteiger partial charge >= 0.3 is 6.09 Å². The van der Waals surface area contributed by atoms with Crippen molar-refractivity contribution in [1.29, 1.82) is 0 Å². The lowest BCUT2D eigenvalue weighted by atomic mass is 10.2. The van der Waals surface area contributed by atoms with Crippen molar-refractivity contribution in [2.75, 3.05) is 19.3 Å². The van der Waals surface area contributed by atoms with E-state index in [9.17, 15) is 17.6 Å². The lowest BCUT2D eigenvalue weighted by molar-refractivity contribution is 0.0274. The first-order chi connectivity index (χ1) is 7.98. The summed E-state index contributed by atoms with van der Waals surface area (Å²) in [6.07, 6.45) is -2.53. The summed E-state index contributed by atoms with van der Waals surface area (Å²) >= 11 is 0. The Kier molecular flexibility index (Phi) is 4.22. The van der Waals surface area contributed by atoms with E-state index in [1.165, 1.54) is 0 Å². The highest BCUT2D eigenvalue weighted by atomic mass is 32.2. The molecule has 0 bridgehead atoms. The van der Waals surface area contributed by atoms with Gasteiger partial charge in [-0.2, -0.15) is 8.42 Å². The van der Waals surface area contributed by atoms with Crippen molar-refractivity contribution in [3.8, 4) is 0 Å². The fourth-order valence-corrected chi connectivity index (χ4v) is 2.16. The van der Waals surface area contributed by atoms with Crippen molar-refractivity contribution in [2.45, 2.75) is 38.6 Å². The fraction of sp³-hybridized carbons (Fsp3) is 0.900. The van der Waals surface area contributed by atoms with E-state index in [2.05, 4.69) is 4.18 Å². The molecule has 1 fully saturated rings. The second-order valence-corrected chi connectivity index (χ2v) is 6.84. The minimum absolute atomic E-state index is 0.136. The number of ether oxygens (including phenoxy) is 1. The molecule has 18 heavy (non-hydrogen) atoms. The monoisotopic (exact) mass is 283 g/mol. The number of amides is 1. The van der Waals surface area contributed by atoms with E-state index in [0.29, 0.717) is 0 Å². The van der Waals surface area contributed by atoms with Crippen LogP contribution in [0.15, 0.2) is 0 Å². The smallest absolute Gasteiger partial charge is 0.410 e. The lowest BCUT2D eigenvalue weighted by Crippen LogP contribution is -2.36. The summed E-state index contributed by atoms with van der Waals surface area (Å²) in [5.41, 5.74) is -0.682. The van der Waals surface area contributed by atoms with Gasteiger partial charge in [0.15, 0.2) is 0 Å². The van der Waals surface area contributed by atoms with Gasteiger partial charge in [-0.15, -0.1) is 0 Å². The van der Waals surface area contributed by atoms with Gasteiger partial charge in [-0.25, -0.2) is 9.18 Å². The molecule has 0 aromatic carbocycles. The van der Waals surface area contributed by atoms with Crippen LogP contribution in [0.1, 0.15) is 20.8 Å². The number of alkyl halides is 1. The van der Waals surface area contributed by atoms with Crippen LogP contribution in [0.3, 0.4) is 0 Å². The second kappa shape index (κ2) is 5.00. The van der Waals surface area contributed by atoms with Crippen LogP contribution in [0, 0.1) is 0 Å². The van der Waals surface area contributed by atoms with Gasteiger partial charge in [0.25, 0.3) is 10.1 Å². The first kappa shape index (κ1) is 15.2. The molecule has 0 saturated carbocycles. The van der Waals surface area contributed by atoms with Crippen LogP contribution in [0.2, 0.25) is 0 Å². The largest absolute Gasteiger partial charge is 0.444 e. The Bertz CT molecular complexity index is 416. The molecule has 1 rings (SSSR count). The predicted octanol–water partition coefficient (Wildman–Crippen LogP) is 0.920. The summed E-state index contributed by atoms with van der Waals surface area (Å²) in [6.45, 7) is 4.72. The molecule has 1 amide bonds. The van der Waals surface area contributed by atoms with E-state index in [-0.39, 0.29) is 13.1 Å². The van der Waals surface area contributed by atoms with Gasteiger partial charge < -0.3 is 9.64 Å². The molecular formula is C10H18FNO5S. The van der Waals surface area contributed by atoms with Gasteiger partial charge in [0.2, 0.25) is 0 Å². The number of hydrogen-bond donors (Lipinski definition) is 0. The third kappa shape index (κ3) is 4.77. The van der Waals surface area contributed by atoms with Gasteiger partial charge in [-0.05, 0) is 20.8 Å². The number of rotatable bonds is 2. The first-order valence-electron chi connectivity index (χ1n) is 5.48. The highest BCUT2D eigenvalue weighted by Crippen LogP contribution is 2.20. The maximum atomic E-state index is 13.5. The quantitative estimate of drug-likeness (QED) is 0.705. The van der Waals surface area contributed by atoms with Crippen molar-refractivity contribution >= 4 is 16.2 Å². The second-order valence-electron chi connectivity index (χ2n) is 5.24.